The largest absolute Gasteiger partial charge is 0.293 e. The summed E-state index contributed by atoms with van der Waals surface area (Å²) in [7, 11) is 0. The Bertz CT molecular complexity index is 568. The SMILES string of the molecule is CCC(CC)(C(=O)c1ccc(C)nc1)c1ccccc1. The molecule has 0 atom stereocenters. The van der Waals surface area contributed by atoms with Crippen molar-refractivity contribution in [2.75, 3.05) is 0 Å². The van der Waals surface area contributed by atoms with Crippen LogP contribution in [0.5, 0.6) is 0 Å². The Morgan fingerprint density at radius 1 is 1.05 bits per heavy atom. The second-order valence-corrected chi connectivity index (χ2v) is 5.17. The van der Waals surface area contributed by atoms with Gasteiger partial charge in [0.2, 0.25) is 0 Å². The van der Waals surface area contributed by atoms with Gasteiger partial charge in [0.05, 0.1) is 5.41 Å². The van der Waals surface area contributed by atoms with Crippen LogP contribution < -0.4 is 0 Å². The van der Waals surface area contributed by atoms with Crippen molar-refractivity contribution in [3.8, 4) is 0 Å². The van der Waals surface area contributed by atoms with Gasteiger partial charge in [0.1, 0.15) is 0 Å². The Balaban J connectivity index is 2.48. The van der Waals surface area contributed by atoms with E-state index in [-0.39, 0.29) is 5.78 Å². The first-order valence-corrected chi connectivity index (χ1v) is 7.17. The minimum Gasteiger partial charge on any atom is -0.293 e. The van der Waals surface area contributed by atoms with E-state index in [9.17, 15) is 4.79 Å². The maximum absolute atomic E-state index is 13.0. The summed E-state index contributed by atoms with van der Waals surface area (Å²) in [5, 5.41) is 0. The molecule has 0 N–H and O–H groups in total. The third-order valence-electron chi connectivity index (χ3n) is 4.14. The molecule has 20 heavy (non-hydrogen) atoms. The molecule has 0 amide bonds. The zero-order valence-corrected chi connectivity index (χ0v) is 12.4. The molecule has 0 aliphatic carbocycles. The first-order chi connectivity index (χ1) is 9.64. The van der Waals surface area contributed by atoms with E-state index >= 15 is 0 Å². The van der Waals surface area contributed by atoms with Crippen LogP contribution >= 0.6 is 0 Å². The van der Waals surface area contributed by atoms with E-state index in [1.54, 1.807) is 6.20 Å². The number of aryl methyl sites for hydroxylation is 1. The monoisotopic (exact) mass is 267 g/mol. The number of ketones is 1. The second kappa shape index (κ2) is 6.00. The zero-order chi connectivity index (χ0) is 14.6. The Kier molecular flexibility index (Phi) is 4.33. The van der Waals surface area contributed by atoms with E-state index in [1.807, 2.05) is 49.4 Å². The molecule has 0 fully saturated rings. The van der Waals surface area contributed by atoms with Crippen molar-refractivity contribution < 1.29 is 4.79 Å². The van der Waals surface area contributed by atoms with E-state index in [2.05, 4.69) is 18.8 Å². The molecule has 0 bridgehead atoms. The number of rotatable bonds is 5. The fraction of sp³-hybridized carbons (Fsp3) is 0.333. The summed E-state index contributed by atoms with van der Waals surface area (Å²) in [5.41, 5.74) is 2.27. The van der Waals surface area contributed by atoms with Gasteiger partial charge >= 0.3 is 0 Å². The molecule has 0 saturated heterocycles. The van der Waals surface area contributed by atoms with Gasteiger partial charge in [0.15, 0.2) is 5.78 Å². The van der Waals surface area contributed by atoms with E-state index < -0.39 is 5.41 Å². The van der Waals surface area contributed by atoms with Crippen molar-refractivity contribution in [3.63, 3.8) is 0 Å². The molecule has 1 heterocycles. The summed E-state index contributed by atoms with van der Waals surface area (Å²) < 4.78 is 0. The fourth-order valence-electron chi connectivity index (χ4n) is 2.75. The first-order valence-electron chi connectivity index (χ1n) is 7.17. The quantitative estimate of drug-likeness (QED) is 0.755. The van der Waals surface area contributed by atoms with E-state index in [0.29, 0.717) is 5.56 Å². The highest BCUT2D eigenvalue weighted by Crippen LogP contribution is 2.35. The van der Waals surface area contributed by atoms with Gasteiger partial charge in [-0.2, -0.15) is 0 Å². The first kappa shape index (κ1) is 14.4. The molecule has 2 heteroatoms. The predicted octanol–water partition coefficient (Wildman–Crippen LogP) is 4.33. The molecule has 0 spiro atoms. The number of benzene rings is 1. The number of carbonyl (C=O) groups excluding carboxylic acids is 1. The van der Waals surface area contributed by atoms with Gasteiger partial charge in [-0.3, -0.25) is 9.78 Å². The minimum atomic E-state index is -0.446. The standard InChI is InChI=1S/C18H21NO/c1-4-18(5-2,16-9-7-6-8-10-16)17(20)15-12-11-14(3)19-13-15/h6-13H,4-5H2,1-3H3. The lowest BCUT2D eigenvalue weighted by molar-refractivity contribution is 0.0872. The van der Waals surface area contributed by atoms with Crippen LogP contribution in [0.4, 0.5) is 0 Å². The number of hydrogen-bond donors (Lipinski definition) is 0. The smallest absolute Gasteiger partial charge is 0.174 e. The summed E-state index contributed by atoms with van der Waals surface area (Å²) in [6.45, 7) is 6.09. The van der Waals surface area contributed by atoms with Gasteiger partial charge in [0, 0.05) is 17.5 Å². The molecule has 0 radical (unpaired) electrons. The molecular formula is C18H21NO. The number of pyridine rings is 1. The number of carbonyl (C=O) groups is 1. The van der Waals surface area contributed by atoms with Gasteiger partial charge in [-0.15, -0.1) is 0 Å². The summed E-state index contributed by atoms with van der Waals surface area (Å²) in [5.74, 6) is 0.168. The lowest BCUT2D eigenvalue weighted by Crippen LogP contribution is -2.34. The van der Waals surface area contributed by atoms with Gasteiger partial charge in [-0.05, 0) is 37.5 Å². The topological polar surface area (TPSA) is 30.0 Å². The second-order valence-electron chi connectivity index (χ2n) is 5.17. The average molecular weight is 267 g/mol. The minimum absolute atomic E-state index is 0.168. The van der Waals surface area contributed by atoms with Crippen LogP contribution in [-0.2, 0) is 5.41 Å². The van der Waals surface area contributed by atoms with Crippen LogP contribution in [0.1, 0.15) is 48.3 Å². The van der Waals surface area contributed by atoms with Gasteiger partial charge in [-0.25, -0.2) is 0 Å². The summed E-state index contributed by atoms with van der Waals surface area (Å²) in [6, 6.07) is 13.9. The van der Waals surface area contributed by atoms with Crippen molar-refractivity contribution in [2.45, 2.75) is 39.0 Å². The molecule has 0 saturated carbocycles. The highest BCUT2D eigenvalue weighted by atomic mass is 16.1. The summed E-state index contributed by atoms with van der Waals surface area (Å²) >= 11 is 0. The molecule has 0 aliphatic rings. The Labute approximate surface area is 120 Å². The van der Waals surface area contributed by atoms with Crippen molar-refractivity contribution in [1.29, 1.82) is 0 Å². The molecule has 1 aromatic carbocycles. The molecule has 1 aromatic heterocycles. The van der Waals surface area contributed by atoms with Crippen LogP contribution in [0.3, 0.4) is 0 Å². The van der Waals surface area contributed by atoms with Crippen LogP contribution in [-0.4, -0.2) is 10.8 Å². The lowest BCUT2D eigenvalue weighted by Gasteiger charge is -2.30. The molecule has 2 rings (SSSR count). The zero-order valence-electron chi connectivity index (χ0n) is 12.4. The lowest BCUT2D eigenvalue weighted by atomic mass is 9.71. The van der Waals surface area contributed by atoms with Crippen LogP contribution in [0.2, 0.25) is 0 Å². The normalized spacial score (nSPS) is 11.3. The maximum atomic E-state index is 13.0. The molecule has 0 aliphatic heterocycles. The highest BCUT2D eigenvalue weighted by Gasteiger charge is 2.37. The molecule has 2 aromatic rings. The third-order valence-corrected chi connectivity index (χ3v) is 4.14. The molecule has 2 nitrogen and oxygen atoms in total. The Morgan fingerprint density at radius 2 is 1.70 bits per heavy atom. The van der Waals surface area contributed by atoms with Crippen molar-refractivity contribution >= 4 is 5.78 Å². The Morgan fingerprint density at radius 3 is 2.20 bits per heavy atom. The van der Waals surface area contributed by atoms with E-state index in [0.717, 1.165) is 24.1 Å². The van der Waals surface area contributed by atoms with Gasteiger partial charge in [-0.1, -0.05) is 44.2 Å². The molecular weight excluding hydrogens is 246 g/mol. The average Bonchev–Trinajstić information content (AvgIpc) is 2.51. The van der Waals surface area contributed by atoms with Crippen molar-refractivity contribution in [3.05, 3.63) is 65.5 Å². The van der Waals surface area contributed by atoms with Gasteiger partial charge < -0.3 is 0 Å². The number of nitrogens with zero attached hydrogens (tertiary/aromatic N) is 1. The number of aromatic nitrogens is 1. The molecule has 104 valence electrons. The number of hydrogen-bond acceptors (Lipinski definition) is 2. The van der Waals surface area contributed by atoms with Crippen LogP contribution in [0.15, 0.2) is 48.7 Å². The van der Waals surface area contributed by atoms with Crippen LogP contribution in [0.25, 0.3) is 0 Å². The summed E-state index contributed by atoms with van der Waals surface area (Å²) in [6.07, 6.45) is 3.28. The van der Waals surface area contributed by atoms with E-state index in [1.165, 1.54) is 0 Å². The fourth-order valence-corrected chi connectivity index (χ4v) is 2.75. The maximum Gasteiger partial charge on any atom is 0.174 e. The Hall–Kier alpha value is -1.96. The number of Topliss-reactive ketones (excluding diaryl/α,β-unsaturated/α-hetero) is 1. The van der Waals surface area contributed by atoms with Crippen LogP contribution in [0, 0.1) is 6.92 Å². The molecule has 0 unspecified atom stereocenters. The van der Waals surface area contributed by atoms with Gasteiger partial charge in [0.25, 0.3) is 0 Å². The van der Waals surface area contributed by atoms with E-state index in [4.69, 9.17) is 0 Å². The van der Waals surface area contributed by atoms with Crippen molar-refractivity contribution in [1.82, 2.24) is 4.98 Å². The third kappa shape index (κ3) is 2.51. The predicted molar refractivity (Wildman–Crippen MR) is 82.0 cm³/mol. The van der Waals surface area contributed by atoms with Crippen molar-refractivity contribution in [2.24, 2.45) is 0 Å². The summed E-state index contributed by atoms with van der Waals surface area (Å²) in [4.78, 5) is 17.3. The highest BCUT2D eigenvalue weighted by molar-refractivity contribution is 6.03.